The van der Waals surface area contributed by atoms with E-state index in [1.165, 1.54) is 15.8 Å². The molecule has 0 radical (unpaired) electrons. The van der Waals surface area contributed by atoms with Gasteiger partial charge in [-0.25, -0.2) is 9.78 Å². The van der Waals surface area contributed by atoms with Crippen LogP contribution in [-0.2, 0) is 17.8 Å². The number of benzene rings is 1. The van der Waals surface area contributed by atoms with E-state index in [0.29, 0.717) is 23.8 Å². The summed E-state index contributed by atoms with van der Waals surface area (Å²) in [4.78, 5) is 20.7. The third-order valence-electron chi connectivity index (χ3n) is 6.81. The summed E-state index contributed by atoms with van der Waals surface area (Å²) in [5.41, 5.74) is 3.99. The molecule has 188 valence electrons. The fraction of sp³-hybridized carbons (Fsp3) is 0.357. The molecule has 4 heterocycles. The number of hydrogen-bond donors (Lipinski definition) is 0. The quantitative estimate of drug-likeness (QED) is 0.251. The minimum absolute atomic E-state index is 0.340. The Morgan fingerprint density at radius 3 is 2.72 bits per heavy atom. The number of aromatic nitrogens is 2. The molecular formula is C28H30ClN3O3S. The second kappa shape index (κ2) is 11.0. The van der Waals surface area contributed by atoms with Crippen LogP contribution in [-0.4, -0.2) is 47.2 Å². The van der Waals surface area contributed by atoms with E-state index in [1.807, 2.05) is 43.5 Å². The number of piperidine rings is 1. The maximum Gasteiger partial charge on any atom is 0.341 e. The van der Waals surface area contributed by atoms with Crippen LogP contribution in [0.1, 0.15) is 52.0 Å². The van der Waals surface area contributed by atoms with E-state index < -0.39 is 0 Å². The van der Waals surface area contributed by atoms with Gasteiger partial charge in [-0.3, -0.25) is 4.90 Å². The second-order valence-corrected chi connectivity index (χ2v) is 10.9. The Kier molecular flexibility index (Phi) is 7.60. The standard InChI is InChI=1S/C28H30ClN3O3S/c1-3-35-28(33)23-15-19(6-8-25(23)34-2)16-31-13-10-20(11-14-31)24-18-32(17-21-7-9-26(29)36-21)27-22(24)5-4-12-30-27/h4-9,12,15,18,20H,3,10-11,13-14,16-17H2,1-2H3. The number of methoxy groups -OCH3 is 1. The molecule has 0 aliphatic carbocycles. The molecule has 0 amide bonds. The van der Waals surface area contributed by atoms with Crippen molar-refractivity contribution in [3.63, 3.8) is 0 Å². The number of fused-ring (bicyclic) bond motifs is 1. The lowest BCUT2D eigenvalue weighted by atomic mass is 9.89. The zero-order chi connectivity index (χ0) is 25.1. The molecule has 4 aromatic rings. The lowest BCUT2D eigenvalue weighted by Gasteiger charge is -2.32. The molecule has 1 aromatic carbocycles. The topological polar surface area (TPSA) is 56.6 Å². The molecule has 1 fully saturated rings. The van der Waals surface area contributed by atoms with E-state index in [-0.39, 0.29) is 5.97 Å². The van der Waals surface area contributed by atoms with Crippen LogP contribution in [0, 0.1) is 0 Å². The van der Waals surface area contributed by atoms with Gasteiger partial charge in [-0.05, 0) is 86.3 Å². The molecular weight excluding hydrogens is 494 g/mol. The van der Waals surface area contributed by atoms with Crippen LogP contribution < -0.4 is 4.74 Å². The summed E-state index contributed by atoms with van der Waals surface area (Å²) in [5, 5.41) is 1.24. The average Bonchev–Trinajstić information content (AvgIpc) is 3.48. The lowest BCUT2D eigenvalue weighted by molar-refractivity contribution is 0.0522. The molecule has 3 aromatic heterocycles. The van der Waals surface area contributed by atoms with Crippen molar-refractivity contribution in [2.75, 3.05) is 26.8 Å². The first-order chi connectivity index (χ1) is 17.6. The van der Waals surface area contributed by atoms with Crippen molar-refractivity contribution < 1.29 is 14.3 Å². The Balaban J connectivity index is 1.28. The van der Waals surface area contributed by atoms with E-state index in [9.17, 15) is 4.79 Å². The monoisotopic (exact) mass is 523 g/mol. The predicted molar refractivity (Wildman–Crippen MR) is 144 cm³/mol. The molecule has 1 saturated heterocycles. The van der Waals surface area contributed by atoms with Crippen molar-refractivity contribution in [1.29, 1.82) is 0 Å². The molecule has 0 spiro atoms. The van der Waals surface area contributed by atoms with E-state index in [4.69, 9.17) is 26.1 Å². The molecule has 5 rings (SSSR count). The number of esters is 1. The van der Waals surface area contributed by atoms with Gasteiger partial charge >= 0.3 is 5.97 Å². The van der Waals surface area contributed by atoms with Crippen LogP contribution in [0.25, 0.3) is 11.0 Å². The maximum atomic E-state index is 12.4. The predicted octanol–water partition coefficient (Wildman–Crippen LogP) is 6.36. The van der Waals surface area contributed by atoms with Crippen LogP contribution in [0.3, 0.4) is 0 Å². The Hall–Kier alpha value is -2.87. The number of carbonyl (C=O) groups excluding carboxylic acids is 1. The van der Waals surface area contributed by atoms with Crippen LogP contribution in [0.15, 0.2) is 54.9 Å². The third-order valence-corrected chi connectivity index (χ3v) is 8.03. The van der Waals surface area contributed by atoms with Crippen molar-refractivity contribution in [3.05, 3.63) is 80.8 Å². The molecule has 1 aliphatic heterocycles. The van der Waals surface area contributed by atoms with Gasteiger partial charge in [0.1, 0.15) is 17.0 Å². The van der Waals surface area contributed by atoms with E-state index in [0.717, 1.165) is 54.6 Å². The number of ether oxygens (including phenoxy) is 2. The van der Waals surface area contributed by atoms with Crippen molar-refractivity contribution in [2.45, 2.75) is 38.8 Å². The summed E-state index contributed by atoms with van der Waals surface area (Å²) >= 11 is 7.77. The van der Waals surface area contributed by atoms with Crippen LogP contribution in [0.4, 0.5) is 0 Å². The van der Waals surface area contributed by atoms with Gasteiger partial charge in [0, 0.05) is 29.2 Å². The van der Waals surface area contributed by atoms with Gasteiger partial charge in [0.25, 0.3) is 0 Å². The maximum absolute atomic E-state index is 12.4. The Labute approximate surface area is 220 Å². The number of rotatable bonds is 8. The number of thiophene rings is 1. The van der Waals surface area contributed by atoms with E-state index in [1.54, 1.807) is 18.4 Å². The second-order valence-electron chi connectivity index (χ2n) is 9.10. The number of carbonyl (C=O) groups is 1. The van der Waals surface area contributed by atoms with Gasteiger partial charge in [-0.1, -0.05) is 17.7 Å². The zero-order valence-corrected chi connectivity index (χ0v) is 22.1. The summed E-state index contributed by atoms with van der Waals surface area (Å²) in [6.45, 7) is 5.73. The number of hydrogen-bond acceptors (Lipinski definition) is 6. The van der Waals surface area contributed by atoms with Gasteiger partial charge in [-0.15, -0.1) is 11.3 Å². The largest absolute Gasteiger partial charge is 0.496 e. The first-order valence-corrected chi connectivity index (χ1v) is 13.5. The molecule has 6 nitrogen and oxygen atoms in total. The van der Waals surface area contributed by atoms with Crippen molar-refractivity contribution in [3.8, 4) is 5.75 Å². The van der Waals surface area contributed by atoms with E-state index in [2.05, 4.69) is 27.8 Å². The van der Waals surface area contributed by atoms with Crippen LogP contribution in [0.5, 0.6) is 5.75 Å². The first kappa shape index (κ1) is 24.8. The van der Waals surface area contributed by atoms with Crippen LogP contribution in [0.2, 0.25) is 4.34 Å². The van der Waals surface area contributed by atoms with Crippen molar-refractivity contribution >= 4 is 39.9 Å². The number of likely N-dealkylation sites (tertiary alicyclic amines) is 1. The molecule has 36 heavy (non-hydrogen) atoms. The molecule has 0 bridgehead atoms. The SMILES string of the molecule is CCOC(=O)c1cc(CN2CCC(c3cn(Cc4ccc(Cl)s4)c4ncccc34)CC2)ccc1OC. The highest BCUT2D eigenvalue weighted by Gasteiger charge is 2.25. The Bertz CT molecular complexity index is 1360. The number of pyridine rings is 1. The lowest BCUT2D eigenvalue weighted by Crippen LogP contribution is -2.32. The molecule has 0 atom stereocenters. The molecule has 0 N–H and O–H groups in total. The summed E-state index contributed by atoms with van der Waals surface area (Å²) in [5.74, 6) is 0.697. The van der Waals surface area contributed by atoms with Crippen molar-refractivity contribution in [2.24, 2.45) is 0 Å². The first-order valence-electron chi connectivity index (χ1n) is 12.3. The van der Waals surface area contributed by atoms with E-state index >= 15 is 0 Å². The van der Waals surface area contributed by atoms with Gasteiger partial charge in [-0.2, -0.15) is 0 Å². The highest BCUT2D eigenvalue weighted by atomic mass is 35.5. The van der Waals surface area contributed by atoms with Gasteiger partial charge in [0.15, 0.2) is 0 Å². The average molecular weight is 524 g/mol. The normalized spacial score (nSPS) is 14.9. The third kappa shape index (κ3) is 5.28. The molecule has 0 saturated carbocycles. The van der Waals surface area contributed by atoms with Crippen LogP contribution >= 0.6 is 22.9 Å². The fourth-order valence-corrected chi connectivity index (χ4v) is 6.17. The van der Waals surface area contributed by atoms with Gasteiger partial charge in [0.2, 0.25) is 0 Å². The smallest absolute Gasteiger partial charge is 0.341 e. The zero-order valence-electron chi connectivity index (χ0n) is 20.6. The Morgan fingerprint density at radius 1 is 1.17 bits per heavy atom. The van der Waals surface area contributed by atoms with Crippen molar-refractivity contribution in [1.82, 2.24) is 14.5 Å². The minimum atomic E-state index is -0.343. The van der Waals surface area contributed by atoms with Gasteiger partial charge in [0.05, 0.1) is 24.6 Å². The summed E-state index contributed by atoms with van der Waals surface area (Å²) in [7, 11) is 1.57. The molecule has 8 heteroatoms. The number of nitrogens with zero attached hydrogens (tertiary/aromatic N) is 3. The summed E-state index contributed by atoms with van der Waals surface area (Å²) in [6.07, 6.45) is 6.33. The number of halogens is 1. The molecule has 1 aliphatic rings. The summed E-state index contributed by atoms with van der Waals surface area (Å²) in [6, 6.07) is 14.1. The Morgan fingerprint density at radius 2 is 2.00 bits per heavy atom. The summed E-state index contributed by atoms with van der Waals surface area (Å²) < 4.78 is 13.6. The highest BCUT2D eigenvalue weighted by molar-refractivity contribution is 7.16. The minimum Gasteiger partial charge on any atom is -0.496 e. The van der Waals surface area contributed by atoms with Gasteiger partial charge < -0.3 is 14.0 Å². The highest BCUT2D eigenvalue weighted by Crippen LogP contribution is 2.35. The molecule has 0 unspecified atom stereocenters. The fourth-order valence-electron chi connectivity index (χ4n) is 5.08.